The summed E-state index contributed by atoms with van der Waals surface area (Å²) in [5, 5.41) is 3.69. The molecular formula is C18H28FN. The first-order chi connectivity index (χ1) is 9.58. The van der Waals surface area contributed by atoms with Gasteiger partial charge in [-0.3, -0.25) is 0 Å². The van der Waals surface area contributed by atoms with Crippen molar-refractivity contribution in [2.45, 2.75) is 52.5 Å². The molecule has 2 heteroatoms. The van der Waals surface area contributed by atoms with Gasteiger partial charge in [0.1, 0.15) is 5.82 Å². The Morgan fingerprint density at radius 1 is 1.25 bits per heavy atom. The van der Waals surface area contributed by atoms with E-state index < -0.39 is 0 Å². The molecular weight excluding hydrogens is 249 g/mol. The van der Waals surface area contributed by atoms with E-state index in [9.17, 15) is 4.39 Å². The Bertz CT molecular complexity index is 416. The van der Waals surface area contributed by atoms with Crippen molar-refractivity contribution >= 4 is 0 Å². The van der Waals surface area contributed by atoms with Crippen LogP contribution in [0.4, 0.5) is 4.39 Å². The molecule has 1 nitrogen and oxygen atoms in total. The van der Waals surface area contributed by atoms with Gasteiger partial charge in [-0.1, -0.05) is 45.4 Å². The van der Waals surface area contributed by atoms with Crippen molar-refractivity contribution in [3.05, 3.63) is 35.6 Å². The molecule has 3 unspecified atom stereocenters. The van der Waals surface area contributed by atoms with Crippen LogP contribution in [0.1, 0.15) is 45.6 Å². The standard InChI is InChI=1S/C18H28FN/c1-13(2)16-9-8-14(3)12-18(16)20-11-10-15-6-4-5-7-17(15)19/h4-7,13-14,16,18,20H,8-12H2,1-3H3. The van der Waals surface area contributed by atoms with Gasteiger partial charge in [-0.25, -0.2) is 4.39 Å². The first kappa shape index (κ1) is 15.5. The van der Waals surface area contributed by atoms with Crippen molar-refractivity contribution < 1.29 is 4.39 Å². The summed E-state index contributed by atoms with van der Waals surface area (Å²) in [4.78, 5) is 0. The van der Waals surface area contributed by atoms with Gasteiger partial charge in [-0.15, -0.1) is 0 Å². The highest BCUT2D eigenvalue weighted by Gasteiger charge is 2.29. The van der Waals surface area contributed by atoms with Crippen molar-refractivity contribution in [2.75, 3.05) is 6.54 Å². The molecule has 1 fully saturated rings. The molecule has 0 aliphatic heterocycles. The van der Waals surface area contributed by atoms with Gasteiger partial charge in [0.2, 0.25) is 0 Å². The fourth-order valence-electron chi connectivity index (χ4n) is 3.53. The third-order valence-electron chi connectivity index (χ3n) is 4.78. The molecule has 0 bridgehead atoms. The van der Waals surface area contributed by atoms with Crippen LogP contribution in [0.2, 0.25) is 0 Å². The highest BCUT2D eigenvalue weighted by molar-refractivity contribution is 5.17. The lowest BCUT2D eigenvalue weighted by molar-refractivity contribution is 0.171. The number of benzene rings is 1. The first-order valence-corrected chi connectivity index (χ1v) is 8.04. The molecule has 1 N–H and O–H groups in total. The average Bonchev–Trinajstić information content (AvgIpc) is 2.41. The predicted octanol–water partition coefficient (Wildman–Crippen LogP) is 4.42. The summed E-state index contributed by atoms with van der Waals surface area (Å²) in [5.74, 6) is 2.24. The van der Waals surface area contributed by atoms with Gasteiger partial charge in [-0.2, -0.15) is 0 Å². The van der Waals surface area contributed by atoms with E-state index in [1.807, 2.05) is 12.1 Å². The monoisotopic (exact) mass is 277 g/mol. The Labute approximate surface area is 123 Å². The van der Waals surface area contributed by atoms with E-state index >= 15 is 0 Å². The highest BCUT2D eigenvalue weighted by atomic mass is 19.1. The molecule has 0 radical (unpaired) electrons. The normalized spacial score (nSPS) is 26.9. The van der Waals surface area contributed by atoms with Crippen molar-refractivity contribution in [3.8, 4) is 0 Å². The molecule has 0 amide bonds. The number of hydrogen-bond donors (Lipinski definition) is 1. The molecule has 1 aliphatic rings. The minimum absolute atomic E-state index is 0.0771. The topological polar surface area (TPSA) is 12.0 Å². The maximum Gasteiger partial charge on any atom is 0.126 e. The molecule has 0 aromatic heterocycles. The molecule has 0 spiro atoms. The summed E-state index contributed by atoms with van der Waals surface area (Å²) in [5.41, 5.74) is 0.824. The third-order valence-corrected chi connectivity index (χ3v) is 4.78. The lowest BCUT2D eigenvalue weighted by atomic mass is 9.74. The van der Waals surface area contributed by atoms with Gasteiger partial charge in [0.25, 0.3) is 0 Å². The van der Waals surface area contributed by atoms with Gasteiger partial charge in [0.05, 0.1) is 0 Å². The molecule has 1 aliphatic carbocycles. The smallest absolute Gasteiger partial charge is 0.126 e. The maximum absolute atomic E-state index is 13.6. The molecule has 2 rings (SSSR count). The van der Waals surface area contributed by atoms with Gasteiger partial charge >= 0.3 is 0 Å². The van der Waals surface area contributed by atoms with Crippen LogP contribution in [-0.4, -0.2) is 12.6 Å². The molecule has 0 saturated heterocycles. The summed E-state index contributed by atoms with van der Waals surface area (Å²) in [6.07, 6.45) is 4.73. The van der Waals surface area contributed by atoms with Gasteiger partial charge in [0.15, 0.2) is 0 Å². The Morgan fingerprint density at radius 3 is 2.70 bits per heavy atom. The summed E-state index contributed by atoms with van der Waals surface area (Å²) in [6.45, 7) is 7.88. The highest BCUT2D eigenvalue weighted by Crippen LogP contribution is 2.33. The molecule has 1 aromatic rings. The van der Waals surface area contributed by atoms with E-state index in [0.29, 0.717) is 6.04 Å². The van der Waals surface area contributed by atoms with Crippen LogP contribution in [0.15, 0.2) is 24.3 Å². The van der Waals surface area contributed by atoms with E-state index in [2.05, 4.69) is 26.1 Å². The largest absolute Gasteiger partial charge is 0.313 e. The second-order valence-electron chi connectivity index (χ2n) is 6.73. The quantitative estimate of drug-likeness (QED) is 0.840. The zero-order valence-corrected chi connectivity index (χ0v) is 13.0. The number of halogens is 1. The van der Waals surface area contributed by atoms with Crippen LogP contribution in [0, 0.1) is 23.6 Å². The summed E-state index contributed by atoms with van der Waals surface area (Å²) < 4.78 is 13.6. The predicted molar refractivity (Wildman–Crippen MR) is 83.2 cm³/mol. The van der Waals surface area contributed by atoms with Gasteiger partial charge < -0.3 is 5.32 Å². The molecule has 1 saturated carbocycles. The van der Waals surface area contributed by atoms with E-state index in [4.69, 9.17) is 0 Å². The summed E-state index contributed by atoms with van der Waals surface area (Å²) in [6, 6.07) is 7.71. The minimum Gasteiger partial charge on any atom is -0.313 e. The molecule has 0 heterocycles. The third kappa shape index (κ3) is 4.05. The molecule has 112 valence electrons. The Hall–Kier alpha value is -0.890. The maximum atomic E-state index is 13.6. The van der Waals surface area contributed by atoms with Crippen LogP contribution >= 0.6 is 0 Å². The van der Waals surface area contributed by atoms with E-state index in [0.717, 1.165) is 36.3 Å². The van der Waals surface area contributed by atoms with Crippen LogP contribution in [-0.2, 0) is 6.42 Å². The zero-order valence-electron chi connectivity index (χ0n) is 13.0. The Morgan fingerprint density at radius 2 is 2.00 bits per heavy atom. The second-order valence-corrected chi connectivity index (χ2v) is 6.73. The average molecular weight is 277 g/mol. The van der Waals surface area contributed by atoms with Gasteiger partial charge in [-0.05, 0) is 55.2 Å². The van der Waals surface area contributed by atoms with Gasteiger partial charge in [0, 0.05) is 6.04 Å². The van der Waals surface area contributed by atoms with Crippen molar-refractivity contribution in [2.24, 2.45) is 17.8 Å². The lowest BCUT2D eigenvalue weighted by Gasteiger charge is -2.38. The van der Waals surface area contributed by atoms with Crippen LogP contribution in [0.3, 0.4) is 0 Å². The molecule has 20 heavy (non-hydrogen) atoms. The fourth-order valence-corrected chi connectivity index (χ4v) is 3.53. The lowest BCUT2D eigenvalue weighted by Crippen LogP contribution is -2.43. The number of rotatable bonds is 5. The fraction of sp³-hybridized carbons (Fsp3) is 0.667. The Kier molecular flexibility index (Phi) is 5.59. The number of nitrogens with one attached hydrogen (secondary N) is 1. The minimum atomic E-state index is -0.0771. The summed E-state index contributed by atoms with van der Waals surface area (Å²) >= 11 is 0. The SMILES string of the molecule is CC1CCC(C(C)C)C(NCCc2ccccc2F)C1. The van der Waals surface area contributed by atoms with E-state index in [1.165, 1.54) is 19.3 Å². The zero-order chi connectivity index (χ0) is 14.5. The van der Waals surface area contributed by atoms with Crippen molar-refractivity contribution in [1.82, 2.24) is 5.32 Å². The van der Waals surface area contributed by atoms with E-state index in [1.54, 1.807) is 12.1 Å². The number of hydrogen-bond acceptors (Lipinski definition) is 1. The summed E-state index contributed by atoms with van der Waals surface area (Å²) in [7, 11) is 0. The molecule has 3 atom stereocenters. The van der Waals surface area contributed by atoms with Crippen molar-refractivity contribution in [1.29, 1.82) is 0 Å². The van der Waals surface area contributed by atoms with Crippen LogP contribution < -0.4 is 5.32 Å². The second kappa shape index (κ2) is 7.21. The first-order valence-electron chi connectivity index (χ1n) is 8.04. The van der Waals surface area contributed by atoms with Crippen LogP contribution in [0.5, 0.6) is 0 Å². The molecule has 1 aromatic carbocycles. The van der Waals surface area contributed by atoms with Crippen LogP contribution in [0.25, 0.3) is 0 Å². The van der Waals surface area contributed by atoms with Crippen molar-refractivity contribution in [3.63, 3.8) is 0 Å². The Balaban J connectivity index is 1.86. The van der Waals surface area contributed by atoms with E-state index in [-0.39, 0.29) is 5.82 Å².